The molecule has 4 nitrogen and oxygen atoms in total. The van der Waals surface area contributed by atoms with Crippen LogP contribution in [0.25, 0.3) is 0 Å². The van der Waals surface area contributed by atoms with Gasteiger partial charge in [-0.05, 0) is 47.2 Å². The molecule has 2 rings (SSSR count). The number of carboxylic acid groups (broad SMARTS) is 2. The molecule has 2 aromatic rings. The van der Waals surface area contributed by atoms with Crippen molar-refractivity contribution in [1.29, 1.82) is 0 Å². The molecular weight excluding hydrogens is 304 g/mol. The van der Waals surface area contributed by atoms with Gasteiger partial charge in [0.05, 0.1) is 12.8 Å². The summed E-state index contributed by atoms with van der Waals surface area (Å²) in [4.78, 5) is 21.2. The Hall–Kier alpha value is -3.50. The summed E-state index contributed by atoms with van der Waals surface area (Å²) in [6.07, 6.45) is -0.0171. The van der Waals surface area contributed by atoms with Gasteiger partial charge in [-0.3, -0.25) is 9.59 Å². The lowest BCUT2D eigenvalue weighted by atomic mass is 10.1. The van der Waals surface area contributed by atoms with Crippen LogP contribution in [0.2, 0.25) is 0 Å². The van der Waals surface area contributed by atoms with E-state index >= 15 is 0 Å². The van der Waals surface area contributed by atoms with Crippen LogP contribution in [-0.2, 0) is 22.4 Å². The van der Waals surface area contributed by atoms with E-state index in [1.165, 1.54) is 0 Å². The van der Waals surface area contributed by atoms with Crippen LogP contribution in [0.4, 0.5) is 0 Å². The Morgan fingerprint density at radius 1 is 0.667 bits per heavy atom. The Labute approximate surface area is 139 Å². The van der Waals surface area contributed by atoms with Crippen LogP contribution in [-0.4, -0.2) is 22.2 Å². The Bertz CT molecular complexity index is 779. The number of hydrogen-bond donors (Lipinski definition) is 2. The first kappa shape index (κ1) is 16.9. The van der Waals surface area contributed by atoms with Crippen LogP contribution in [0.15, 0.2) is 48.5 Å². The molecule has 4 heteroatoms. The quantitative estimate of drug-likeness (QED) is 0.849. The molecular formula is C20H14O4. The summed E-state index contributed by atoms with van der Waals surface area (Å²) >= 11 is 0. The minimum atomic E-state index is -0.867. The summed E-state index contributed by atoms with van der Waals surface area (Å²) in [7, 11) is 0. The van der Waals surface area contributed by atoms with Gasteiger partial charge in [-0.25, -0.2) is 0 Å². The van der Waals surface area contributed by atoms with Gasteiger partial charge in [0, 0.05) is 11.1 Å². The van der Waals surface area contributed by atoms with Crippen molar-refractivity contribution in [2.45, 2.75) is 12.8 Å². The maximum atomic E-state index is 10.6. The van der Waals surface area contributed by atoms with Gasteiger partial charge >= 0.3 is 11.9 Å². The molecule has 2 N–H and O–H groups in total. The molecule has 0 spiro atoms. The zero-order valence-electron chi connectivity index (χ0n) is 12.7. The third-order valence-corrected chi connectivity index (χ3v) is 3.09. The van der Waals surface area contributed by atoms with E-state index in [0.717, 1.165) is 22.3 Å². The van der Waals surface area contributed by atoms with E-state index in [2.05, 4.69) is 23.7 Å². The van der Waals surface area contributed by atoms with Gasteiger partial charge in [-0.15, -0.1) is 0 Å². The minimum absolute atomic E-state index is 0.00854. The number of benzene rings is 2. The van der Waals surface area contributed by atoms with Gasteiger partial charge in [0.2, 0.25) is 0 Å². The lowest BCUT2D eigenvalue weighted by molar-refractivity contribution is -0.137. The largest absolute Gasteiger partial charge is 0.481 e. The molecule has 118 valence electrons. The molecule has 0 aliphatic heterocycles. The maximum absolute atomic E-state index is 10.6. The Morgan fingerprint density at radius 2 is 1.00 bits per heavy atom. The van der Waals surface area contributed by atoms with E-state index in [-0.39, 0.29) is 12.8 Å². The summed E-state index contributed by atoms with van der Waals surface area (Å²) in [6.45, 7) is 0. The Balaban J connectivity index is 1.99. The van der Waals surface area contributed by atoms with E-state index in [1.807, 2.05) is 0 Å². The van der Waals surface area contributed by atoms with Gasteiger partial charge in [-0.2, -0.15) is 0 Å². The number of carbonyl (C=O) groups is 2. The summed E-state index contributed by atoms with van der Waals surface area (Å²) in [5.74, 6) is 9.51. The molecule has 24 heavy (non-hydrogen) atoms. The fourth-order valence-electron chi connectivity index (χ4n) is 1.97. The second kappa shape index (κ2) is 8.22. The minimum Gasteiger partial charge on any atom is -0.481 e. The molecule has 0 amide bonds. The van der Waals surface area contributed by atoms with Crippen molar-refractivity contribution in [2.24, 2.45) is 0 Å². The van der Waals surface area contributed by atoms with Crippen molar-refractivity contribution in [1.82, 2.24) is 0 Å². The normalized spacial score (nSPS) is 9.17. The fourth-order valence-corrected chi connectivity index (χ4v) is 1.97. The molecule has 0 bridgehead atoms. The highest BCUT2D eigenvalue weighted by molar-refractivity contribution is 5.70. The van der Waals surface area contributed by atoms with Crippen LogP contribution in [0.1, 0.15) is 22.3 Å². The van der Waals surface area contributed by atoms with Crippen molar-refractivity contribution >= 4 is 11.9 Å². The molecule has 0 aliphatic rings. The average molecular weight is 318 g/mol. The number of rotatable bonds is 4. The lowest BCUT2D eigenvalue weighted by Gasteiger charge is -1.96. The molecule has 2 aromatic carbocycles. The van der Waals surface area contributed by atoms with Crippen molar-refractivity contribution in [3.63, 3.8) is 0 Å². The zero-order chi connectivity index (χ0) is 17.4. The van der Waals surface area contributed by atoms with Gasteiger partial charge in [0.25, 0.3) is 0 Å². The lowest BCUT2D eigenvalue weighted by Crippen LogP contribution is -1.99. The van der Waals surface area contributed by atoms with E-state index in [0.29, 0.717) is 0 Å². The molecule has 0 unspecified atom stereocenters. The Morgan fingerprint density at radius 3 is 1.29 bits per heavy atom. The van der Waals surface area contributed by atoms with Crippen LogP contribution >= 0.6 is 0 Å². The molecule has 0 aromatic heterocycles. The monoisotopic (exact) mass is 318 g/mol. The SMILES string of the molecule is O=C(O)Cc1ccc(C#CC#Cc2ccc(CC(=O)O)cc2)cc1. The molecule has 0 radical (unpaired) electrons. The van der Waals surface area contributed by atoms with Crippen LogP contribution in [0.3, 0.4) is 0 Å². The van der Waals surface area contributed by atoms with E-state index in [4.69, 9.17) is 10.2 Å². The molecule has 0 saturated heterocycles. The van der Waals surface area contributed by atoms with Crippen molar-refractivity contribution in [2.75, 3.05) is 0 Å². The van der Waals surface area contributed by atoms with Gasteiger partial charge in [-0.1, -0.05) is 36.1 Å². The zero-order valence-corrected chi connectivity index (χ0v) is 12.7. The summed E-state index contributed by atoms with van der Waals surface area (Å²) in [5.41, 5.74) is 2.96. The Kier molecular flexibility index (Phi) is 5.77. The maximum Gasteiger partial charge on any atom is 0.307 e. The van der Waals surface area contributed by atoms with E-state index < -0.39 is 11.9 Å². The molecule has 0 saturated carbocycles. The first-order valence-electron chi connectivity index (χ1n) is 7.16. The van der Waals surface area contributed by atoms with E-state index in [9.17, 15) is 9.59 Å². The van der Waals surface area contributed by atoms with Crippen molar-refractivity contribution in [3.05, 3.63) is 70.8 Å². The third-order valence-electron chi connectivity index (χ3n) is 3.09. The van der Waals surface area contributed by atoms with Gasteiger partial charge < -0.3 is 10.2 Å². The average Bonchev–Trinajstić information content (AvgIpc) is 2.53. The summed E-state index contributed by atoms with van der Waals surface area (Å²) in [6, 6.07) is 13.9. The highest BCUT2D eigenvalue weighted by Gasteiger charge is 1.99. The number of carboxylic acids is 2. The van der Waals surface area contributed by atoms with Gasteiger partial charge in [0.1, 0.15) is 0 Å². The fraction of sp³-hybridized carbons (Fsp3) is 0.100. The van der Waals surface area contributed by atoms with Gasteiger partial charge in [0.15, 0.2) is 0 Å². The third kappa shape index (κ3) is 5.71. The highest BCUT2D eigenvalue weighted by atomic mass is 16.4. The molecule has 0 aliphatic carbocycles. The second-order valence-corrected chi connectivity index (χ2v) is 5.03. The van der Waals surface area contributed by atoms with Crippen molar-refractivity contribution in [3.8, 4) is 23.7 Å². The summed E-state index contributed by atoms with van der Waals surface area (Å²) in [5, 5.41) is 17.4. The topological polar surface area (TPSA) is 74.6 Å². The first-order valence-corrected chi connectivity index (χ1v) is 7.16. The summed E-state index contributed by atoms with van der Waals surface area (Å²) < 4.78 is 0. The van der Waals surface area contributed by atoms with Crippen LogP contribution in [0.5, 0.6) is 0 Å². The first-order chi connectivity index (χ1) is 11.5. The number of hydrogen-bond acceptors (Lipinski definition) is 2. The highest BCUT2D eigenvalue weighted by Crippen LogP contribution is 2.05. The molecule has 0 heterocycles. The second-order valence-electron chi connectivity index (χ2n) is 5.03. The number of aliphatic carboxylic acids is 2. The molecule has 0 atom stereocenters. The van der Waals surface area contributed by atoms with E-state index in [1.54, 1.807) is 48.5 Å². The standard InChI is InChI=1S/C20H14O4/c21-19(22)13-17-9-5-15(6-10-17)3-1-2-4-16-7-11-18(12-8-16)14-20(23)24/h5-12H,13-14H2,(H,21,22)(H,23,24). The predicted octanol–water partition coefficient (Wildman–Crippen LogP) is 2.34. The van der Waals surface area contributed by atoms with Crippen molar-refractivity contribution < 1.29 is 19.8 Å². The predicted molar refractivity (Wildman–Crippen MR) is 89.3 cm³/mol. The van der Waals surface area contributed by atoms with Crippen LogP contribution < -0.4 is 0 Å². The molecule has 0 fully saturated rings. The smallest absolute Gasteiger partial charge is 0.307 e. The van der Waals surface area contributed by atoms with Crippen LogP contribution in [0, 0.1) is 23.7 Å².